The van der Waals surface area contributed by atoms with Crippen molar-refractivity contribution >= 4 is 15.9 Å². The number of nitrogens with zero attached hydrogens (tertiary/aromatic N) is 1. The van der Waals surface area contributed by atoms with E-state index in [0.29, 0.717) is 13.1 Å². The summed E-state index contributed by atoms with van der Waals surface area (Å²) in [5.41, 5.74) is 0. The number of carbonyl (C=O) groups is 1. The molecule has 0 aromatic heterocycles. The fraction of sp³-hybridized carbons (Fsp3) is 0.923. The molecule has 0 heterocycles. The summed E-state index contributed by atoms with van der Waals surface area (Å²) in [6.45, 7) is 8.73. The van der Waals surface area contributed by atoms with Crippen molar-refractivity contribution in [1.29, 1.82) is 0 Å². The summed E-state index contributed by atoms with van der Waals surface area (Å²) in [6, 6.07) is -0.682. The normalized spacial score (nSPS) is 13.3. The lowest BCUT2D eigenvalue weighted by Crippen LogP contribution is -2.47. The first-order valence-electron chi connectivity index (χ1n) is 7.16. The van der Waals surface area contributed by atoms with E-state index in [9.17, 15) is 13.2 Å². The van der Waals surface area contributed by atoms with Crippen molar-refractivity contribution in [3.05, 3.63) is 0 Å². The molecular weight excluding hydrogens is 264 g/mol. The van der Waals surface area contributed by atoms with E-state index in [0.717, 1.165) is 25.7 Å². The molecule has 6 heteroatoms. The minimum absolute atomic E-state index is 0.00542. The Balaban J connectivity index is 4.58. The van der Waals surface area contributed by atoms with Gasteiger partial charge in [-0.15, -0.1) is 0 Å². The summed E-state index contributed by atoms with van der Waals surface area (Å²) >= 11 is 0. The average molecular weight is 292 g/mol. The van der Waals surface area contributed by atoms with Gasteiger partial charge in [0.2, 0.25) is 15.9 Å². The quantitative estimate of drug-likeness (QED) is 0.667. The zero-order valence-corrected chi connectivity index (χ0v) is 13.4. The largest absolute Gasteiger partial charge is 0.341 e. The molecule has 5 nitrogen and oxygen atoms in total. The van der Waals surface area contributed by atoms with Gasteiger partial charge in [0.1, 0.15) is 0 Å². The van der Waals surface area contributed by atoms with E-state index in [1.807, 2.05) is 0 Å². The van der Waals surface area contributed by atoms with Gasteiger partial charge in [0.15, 0.2) is 0 Å². The van der Waals surface area contributed by atoms with Gasteiger partial charge in [-0.1, -0.05) is 26.7 Å². The van der Waals surface area contributed by atoms with Gasteiger partial charge in [-0.3, -0.25) is 4.79 Å². The zero-order valence-electron chi connectivity index (χ0n) is 12.6. The minimum atomic E-state index is -3.34. The van der Waals surface area contributed by atoms with Crippen LogP contribution >= 0.6 is 0 Å². The SMILES string of the molecule is CCCCN(CCCC)C(=O)[C@@H](C)NS(=O)(=O)CC. The van der Waals surface area contributed by atoms with Crippen molar-refractivity contribution in [3.63, 3.8) is 0 Å². The van der Waals surface area contributed by atoms with Crippen molar-refractivity contribution in [2.24, 2.45) is 0 Å². The van der Waals surface area contributed by atoms with E-state index in [1.165, 1.54) is 0 Å². The number of rotatable bonds is 10. The first-order chi connectivity index (χ1) is 8.87. The molecule has 0 aliphatic heterocycles. The Morgan fingerprint density at radius 1 is 1.11 bits per heavy atom. The molecule has 0 saturated heterocycles. The van der Waals surface area contributed by atoms with E-state index in [4.69, 9.17) is 0 Å². The van der Waals surface area contributed by atoms with Gasteiger partial charge >= 0.3 is 0 Å². The van der Waals surface area contributed by atoms with E-state index in [2.05, 4.69) is 18.6 Å². The summed E-state index contributed by atoms with van der Waals surface area (Å²) in [6.07, 6.45) is 3.93. The molecule has 0 unspecified atom stereocenters. The van der Waals surface area contributed by atoms with Crippen LogP contribution < -0.4 is 4.72 Å². The lowest BCUT2D eigenvalue weighted by Gasteiger charge is -2.26. The monoisotopic (exact) mass is 292 g/mol. The van der Waals surface area contributed by atoms with Crippen LogP contribution in [-0.4, -0.2) is 44.1 Å². The number of sulfonamides is 1. The number of amides is 1. The van der Waals surface area contributed by atoms with Crippen LogP contribution in [0.4, 0.5) is 0 Å². The molecule has 1 N–H and O–H groups in total. The molecule has 0 rings (SSSR count). The van der Waals surface area contributed by atoms with Crippen LogP contribution in [0.2, 0.25) is 0 Å². The first kappa shape index (κ1) is 18.4. The molecule has 1 atom stereocenters. The highest BCUT2D eigenvalue weighted by atomic mass is 32.2. The van der Waals surface area contributed by atoms with Crippen LogP contribution in [0.1, 0.15) is 53.4 Å². The maximum Gasteiger partial charge on any atom is 0.240 e. The number of unbranched alkanes of at least 4 members (excludes halogenated alkanes) is 2. The third-order valence-electron chi connectivity index (χ3n) is 2.98. The third kappa shape index (κ3) is 7.52. The van der Waals surface area contributed by atoms with Crippen molar-refractivity contribution < 1.29 is 13.2 Å². The molecule has 0 aromatic rings. The maximum absolute atomic E-state index is 12.2. The molecular formula is C13H28N2O3S. The Kier molecular flexibility index (Phi) is 9.01. The van der Waals surface area contributed by atoms with Crippen LogP contribution in [0.25, 0.3) is 0 Å². The summed E-state index contributed by atoms with van der Waals surface area (Å²) in [5, 5.41) is 0. The zero-order chi connectivity index (χ0) is 14.9. The van der Waals surface area contributed by atoms with Crippen LogP contribution in [0.15, 0.2) is 0 Å². The predicted molar refractivity (Wildman–Crippen MR) is 78.5 cm³/mol. The second kappa shape index (κ2) is 9.31. The Morgan fingerprint density at radius 3 is 1.95 bits per heavy atom. The van der Waals surface area contributed by atoms with E-state index < -0.39 is 16.1 Å². The van der Waals surface area contributed by atoms with E-state index in [1.54, 1.807) is 18.7 Å². The van der Waals surface area contributed by atoms with E-state index in [-0.39, 0.29) is 11.7 Å². The third-order valence-corrected chi connectivity index (χ3v) is 4.45. The van der Waals surface area contributed by atoms with Gasteiger partial charge in [0.25, 0.3) is 0 Å². The molecule has 1 amide bonds. The highest BCUT2D eigenvalue weighted by Crippen LogP contribution is 2.03. The molecule has 114 valence electrons. The molecule has 0 aliphatic rings. The van der Waals surface area contributed by atoms with Gasteiger partial charge in [-0.2, -0.15) is 0 Å². The Morgan fingerprint density at radius 2 is 1.58 bits per heavy atom. The summed E-state index contributed by atoms with van der Waals surface area (Å²) in [7, 11) is -3.34. The molecule has 0 bridgehead atoms. The van der Waals surface area contributed by atoms with Gasteiger partial charge < -0.3 is 4.90 Å². The van der Waals surface area contributed by atoms with Crippen LogP contribution in [-0.2, 0) is 14.8 Å². The van der Waals surface area contributed by atoms with Gasteiger partial charge in [0.05, 0.1) is 11.8 Å². The smallest absolute Gasteiger partial charge is 0.240 e. The predicted octanol–water partition coefficient (Wildman–Crippen LogP) is 1.74. The number of carbonyl (C=O) groups excluding carboxylic acids is 1. The molecule has 0 spiro atoms. The molecule has 0 aliphatic carbocycles. The van der Waals surface area contributed by atoms with Crippen molar-refractivity contribution in [2.45, 2.75) is 59.4 Å². The van der Waals surface area contributed by atoms with Crippen LogP contribution in [0.5, 0.6) is 0 Å². The highest BCUT2D eigenvalue weighted by molar-refractivity contribution is 7.89. The standard InChI is InChI=1S/C13H28N2O3S/c1-5-8-10-15(11-9-6-2)13(16)12(4)14-19(17,18)7-3/h12,14H,5-11H2,1-4H3/t12-/m1/s1. The van der Waals surface area contributed by atoms with Crippen LogP contribution in [0, 0.1) is 0 Å². The first-order valence-corrected chi connectivity index (χ1v) is 8.81. The highest BCUT2D eigenvalue weighted by Gasteiger charge is 2.23. The lowest BCUT2D eigenvalue weighted by atomic mass is 10.2. The Hall–Kier alpha value is -0.620. The summed E-state index contributed by atoms with van der Waals surface area (Å²) in [5.74, 6) is -0.131. The second-order valence-corrected chi connectivity index (χ2v) is 6.82. The topological polar surface area (TPSA) is 66.5 Å². The summed E-state index contributed by atoms with van der Waals surface area (Å²) < 4.78 is 25.4. The summed E-state index contributed by atoms with van der Waals surface area (Å²) in [4.78, 5) is 14.0. The number of hydrogen-bond acceptors (Lipinski definition) is 3. The fourth-order valence-corrected chi connectivity index (χ4v) is 2.51. The van der Waals surface area contributed by atoms with Gasteiger partial charge in [-0.05, 0) is 26.7 Å². The van der Waals surface area contributed by atoms with E-state index >= 15 is 0 Å². The number of hydrogen-bond donors (Lipinski definition) is 1. The number of nitrogens with one attached hydrogen (secondary N) is 1. The second-order valence-electron chi connectivity index (χ2n) is 4.78. The lowest BCUT2D eigenvalue weighted by molar-refractivity contribution is -0.132. The van der Waals surface area contributed by atoms with Gasteiger partial charge in [-0.25, -0.2) is 13.1 Å². The Labute approximate surface area is 117 Å². The molecule has 0 fully saturated rings. The van der Waals surface area contributed by atoms with Crippen molar-refractivity contribution in [3.8, 4) is 0 Å². The average Bonchev–Trinajstić information content (AvgIpc) is 2.37. The van der Waals surface area contributed by atoms with Crippen molar-refractivity contribution in [2.75, 3.05) is 18.8 Å². The fourth-order valence-electron chi connectivity index (χ4n) is 1.71. The molecule has 0 saturated carbocycles. The minimum Gasteiger partial charge on any atom is -0.341 e. The molecule has 0 radical (unpaired) electrons. The maximum atomic E-state index is 12.2. The van der Waals surface area contributed by atoms with Crippen molar-refractivity contribution in [1.82, 2.24) is 9.62 Å². The van der Waals surface area contributed by atoms with Crippen LogP contribution in [0.3, 0.4) is 0 Å². The van der Waals surface area contributed by atoms with Gasteiger partial charge in [0, 0.05) is 13.1 Å². The molecule has 19 heavy (non-hydrogen) atoms. The Bertz CT molecular complexity index is 347. The molecule has 0 aromatic carbocycles.